The maximum atomic E-state index is 5.31. The largest absolute Gasteiger partial charge is 0.382 e. The van der Waals surface area contributed by atoms with Gasteiger partial charge in [-0.25, -0.2) is 0 Å². The lowest BCUT2D eigenvalue weighted by Crippen LogP contribution is -2.19. The molecule has 1 atom stereocenters. The van der Waals surface area contributed by atoms with E-state index in [0.717, 1.165) is 13.0 Å². The van der Waals surface area contributed by atoms with Crippen molar-refractivity contribution >= 4 is 0 Å². The molecule has 0 fully saturated rings. The number of hydrogen-bond donors (Lipinski definition) is 0. The molecule has 0 aliphatic carbocycles. The van der Waals surface area contributed by atoms with Gasteiger partial charge in [0.25, 0.3) is 0 Å². The van der Waals surface area contributed by atoms with E-state index in [1.54, 1.807) is 7.11 Å². The molecule has 1 aliphatic heterocycles. The molecular weight excluding hydrogens is 116 g/mol. The van der Waals surface area contributed by atoms with Crippen molar-refractivity contribution in [1.29, 1.82) is 0 Å². The SMILES string of the molecule is COCC1C=CCCO1. The molecule has 0 bridgehead atoms. The van der Waals surface area contributed by atoms with Gasteiger partial charge in [0.05, 0.1) is 19.3 Å². The summed E-state index contributed by atoms with van der Waals surface area (Å²) in [4.78, 5) is 0. The second-order valence-electron chi connectivity index (χ2n) is 2.08. The summed E-state index contributed by atoms with van der Waals surface area (Å²) in [6.45, 7) is 1.51. The van der Waals surface area contributed by atoms with Crippen LogP contribution in [0.15, 0.2) is 12.2 Å². The molecule has 0 radical (unpaired) electrons. The Kier molecular flexibility index (Phi) is 2.74. The normalized spacial score (nSPS) is 26.6. The van der Waals surface area contributed by atoms with E-state index in [-0.39, 0.29) is 6.10 Å². The first-order valence-electron chi connectivity index (χ1n) is 3.20. The van der Waals surface area contributed by atoms with Crippen LogP contribution in [-0.2, 0) is 9.47 Å². The molecule has 0 saturated heterocycles. The van der Waals surface area contributed by atoms with Gasteiger partial charge in [-0.2, -0.15) is 0 Å². The highest BCUT2D eigenvalue weighted by Crippen LogP contribution is 2.03. The molecule has 0 aromatic carbocycles. The van der Waals surface area contributed by atoms with E-state index in [1.807, 2.05) is 6.08 Å². The van der Waals surface area contributed by atoms with Gasteiger partial charge in [0.1, 0.15) is 0 Å². The molecular formula is C7H12O2. The van der Waals surface area contributed by atoms with E-state index in [1.165, 1.54) is 0 Å². The molecule has 1 unspecified atom stereocenters. The summed E-state index contributed by atoms with van der Waals surface area (Å²) in [6.07, 6.45) is 5.42. The van der Waals surface area contributed by atoms with Gasteiger partial charge >= 0.3 is 0 Å². The number of rotatable bonds is 2. The van der Waals surface area contributed by atoms with Crippen molar-refractivity contribution in [3.63, 3.8) is 0 Å². The van der Waals surface area contributed by atoms with Crippen LogP contribution in [0.25, 0.3) is 0 Å². The fraction of sp³-hybridized carbons (Fsp3) is 0.714. The standard InChI is InChI=1S/C7H12O2/c1-8-6-7-4-2-3-5-9-7/h2,4,7H,3,5-6H2,1H3. The highest BCUT2D eigenvalue weighted by atomic mass is 16.5. The van der Waals surface area contributed by atoms with Gasteiger partial charge in [0.2, 0.25) is 0 Å². The second-order valence-corrected chi connectivity index (χ2v) is 2.08. The zero-order valence-electron chi connectivity index (χ0n) is 5.67. The molecule has 2 nitrogen and oxygen atoms in total. The fourth-order valence-corrected chi connectivity index (χ4v) is 0.859. The Bertz CT molecular complexity index is 99.1. The topological polar surface area (TPSA) is 18.5 Å². The van der Waals surface area contributed by atoms with E-state index in [0.29, 0.717) is 6.61 Å². The van der Waals surface area contributed by atoms with Crippen LogP contribution in [0.2, 0.25) is 0 Å². The van der Waals surface area contributed by atoms with E-state index in [4.69, 9.17) is 9.47 Å². The molecule has 0 aromatic heterocycles. The van der Waals surface area contributed by atoms with Crippen molar-refractivity contribution < 1.29 is 9.47 Å². The minimum atomic E-state index is 0.198. The predicted octanol–water partition coefficient (Wildman–Crippen LogP) is 0.978. The summed E-state index contributed by atoms with van der Waals surface area (Å²) in [6, 6.07) is 0. The summed E-state index contributed by atoms with van der Waals surface area (Å²) in [5.41, 5.74) is 0. The Morgan fingerprint density at radius 1 is 1.78 bits per heavy atom. The summed E-state index contributed by atoms with van der Waals surface area (Å²) in [5, 5.41) is 0. The molecule has 0 amide bonds. The Balaban J connectivity index is 2.23. The van der Waals surface area contributed by atoms with E-state index >= 15 is 0 Å². The van der Waals surface area contributed by atoms with Crippen LogP contribution in [0.3, 0.4) is 0 Å². The summed E-state index contributed by atoms with van der Waals surface area (Å²) >= 11 is 0. The fourth-order valence-electron chi connectivity index (χ4n) is 0.859. The first-order chi connectivity index (χ1) is 4.43. The molecule has 9 heavy (non-hydrogen) atoms. The third-order valence-electron chi connectivity index (χ3n) is 1.30. The average molecular weight is 128 g/mol. The average Bonchev–Trinajstić information content (AvgIpc) is 1.91. The van der Waals surface area contributed by atoms with E-state index in [9.17, 15) is 0 Å². The van der Waals surface area contributed by atoms with E-state index < -0.39 is 0 Å². The first kappa shape index (κ1) is 6.78. The van der Waals surface area contributed by atoms with Crippen molar-refractivity contribution in [3.05, 3.63) is 12.2 Å². The maximum Gasteiger partial charge on any atom is 0.0989 e. The van der Waals surface area contributed by atoms with Crippen LogP contribution in [0.1, 0.15) is 6.42 Å². The second kappa shape index (κ2) is 3.64. The molecule has 2 heteroatoms. The summed E-state index contributed by atoms with van der Waals surface area (Å²) in [5.74, 6) is 0. The quantitative estimate of drug-likeness (QED) is 0.516. The molecule has 0 N–H and O–H groups in total. The van der Waals surface area contributed by atoms with Gasteiger partial charge in [-0.1, -0.05) is 12.2 Å². The van der Waals surface area contributed by atoms with Gasteiger partial charge in [-0.3, -0.25) is 0 Å². The highest BCUT2D eigenvalue weighted by Gasteiger charge is 2.06. The van der Waals surface area contributed by atoms with Crippen LogP contribution in [0, 0.1) is 0 Å². The number of ether oxygens (including phenoxy) is 2. The molecule has 1 heterocycles. The lowest BCUT2D eigenvalue weighted by Gasteiger charge is -2.15. The molecule has 52 valence electrons. The molecule has 1 aliphatic rings. The van der Waals surface area contributed by atoms with Gasteiger partial charge in [0.15, 0.2) is 0 Å². The lowest BCUT2D eigenvalue weighted by atomic mass is 10.2. The van der Waals surface area contributed by atoms with Crippen LogP contribution in [-0.4, -0.2) is 26.4 Å². The summed E-state index contributed by atoms with van der Waals surface area (Å²) in [7, 11) is 1.69. The van der Waals surface area contributed by atoms with Crippen molar-refractivity contribution in [2.24, 2.45) is 0 Å². The van der Waals surface area contributed by atoms with Crippen molar-refractivity contribution in [2.75, 3.05) is 20.3 Å². The zero-order chi connectivity index (χ0) is 6.53. The van der Waals surface area contributed by atoms with Crippen molar-refractivity contribution in [3.8, 4) is 0 Å². The van der Waals surface area contributed by atoms with Gasteiger partial charge in [-0.15, -0.1) is 0 Å². The predicted molar refractivity (Wildman–Crippen MR) is 35.4 cm³/mol. The zero-order valence-corrected chi connectivity index (χ0v) is 5.67. The first-order valence-corrected chi connectivity index (χ1v) is 3.20. The summed E-state index contributed by atoms with van der Waals surface area (Å²) < 4.78 is 10.2. The Labute approximate surface area is 55.5 Å². The Morgan fingerprint density at radius 2 is 2.67 bits per heavy atom. The van der Waals surface area contributed by atoms with Crippen molar-refractivity contribution in [2.45, 2.75) is 12.5 Å². The minimum Gasteiger partial charge on any atom is -0.382 e. The Morgan fingerprint density at radius 3 is 3.22 bits per heavy atom. The third-order valence-corrected chi connectivity index (χ3v) is 1.30. The lowest BCUT2D eigenvalue weighted by molar-refractivity contribution is 0.0215. The van der Waals surface area contributed by atoms with Crippen LogP contribution in [0.4, 0.5) is 0 Å². The monoisotopic (exact) mass is 128 g/mol. The van der Waals surface area contributed by atoms with Crippen molar-refractivity contribution in [1.82, 2.24) is 0 Å². The third kappa shape index (κ3) is 2.16. The van der Waals surface area contributed by atoms with Crippen LogP contribution in [0.5, 0.6) is 0 Å². The molecule has 0 saturated carbocycles. The number of methoxy groups -OCH3 is 1. The molecule has 1 rings (SSSR count). The van der Waals surface area contributed by atoms with Crippen LogP contribution < -0.4 is 0 Å². The smallest absolute Gasteiger partial charge is 0.0989 e. The van der Waals surface area contributed by atoms with Gasteiger partial charge in [0, 0.05) is 7.11 Å². The highest BCUT2D eigenvalue weighted by molar-refractivity contribution is 4.92. The Hall–Kier alpha value is -0.340. The maximum absolute atomic E-state index is 5.31. The number of hydrogen-bond acceptors (Lipinski definition) is 2. The van der Waals surface area contributed by atoms with Crippen LogP contribution >= 0.6 is 0 Å². The minimum absolute atomic E-state index is 0.198. The molecule has 0 spiro atoms. The molecule has 0 aromatic rings. The van der Waals surface area contributed by atoms with Gasteiger partial charge in [-0.05, 0) is 6.42 Å². The van der Waals surface area contributed by atoms with E-state index in [2.05, 4.69) is 6.08 Å². The van der Waals surface area contributed by atoms with Gasteiger partial charge < -0.3 is 9.47 Å².